The molecule has 132 valence electrons. The summed E-state index contributed by atoms with van der Waals surface area (Å²) < 4.78 is 44.1. The van der Waals surface area contributed by atoms with Gasteiger partial charge in [0.25, 0.3) is 0 Å². The fourth-order valence-corrected chi connectivity index (χ4v) is 1.80. The van der Waals surface area contributed by atoms with Crippen molar-refractivity contribution in [1.29, 1.82) is 0 Å². The quantitative estimate of drug-likeness (QED) is 0.413. The summed E-state index contributed by atoms with van der Waals surface area (Å²) in [5, 5.41) is 5.94. The Kier molecular flexibility index (Phi) is 9.33. The van der Waals surface area contributed by atoms with E-state index in [1.807, 2.05) is 13.8 Å². The summed E-state index contributed by atoms with van der Waals surface area (Å²) in [5.74, 6) is 1.06. The zero-order chi connectivity index (χ0) is 16.8. The smallest absolute Gasteiger partial charge is 0.416 e. The number of rotatable bonds is 5. The number of alkyl halides is 3. The Morgan fingerprint density at radius 2 is 1.91 bits per heavy atom. The maximum Gasteiger partial charge on any atom is 0.416 e. The standard InChI is InChI=1S/C15H22F3N3O.HI/c1-10(2)8-20-14(19-3)21-9-11-5-6-12(22-4)7-13(11)15(16,17)18;/h5-7,10H,8-9H2,1-4H3,(H2,19,20,21);1H. The van der Waals surface area contributed by atoms with Gasteiger partial charge < -0.3 is 15.4 Å². The monoisotopic (exact) mass is 445 g/mol. The van der Waals surface area contributed by atoms with E-state index in [1.54, 1.807) is 7.05 Å². The van der Waals surface area contributed by atoms with Gasteiger partial charge in [0, 0.05) is 20.1 Å². The van der Waals surface area contributed by atoms with Gasteiger partial charge >= 0.3 is 6.18 Å². The number of nitrogens with one attached hydrogen (secondary N) is 2. The Morgan fingerprint density at radius 1 is 1.26 bits per heavy atom. The van der Waals surface area contributed by atoms with Crippen molar-refractivity contribution in [3.8, 4) is 5.75 Å². The van der Waals surface area contributed by atoms with Crippen molar-refractivity contribution >= 4 is 29.9 Å². The first-order valence-corrected chi connectivity index (χ1v) is 6.96. The summed E-state index contributed by atoms with van der Waals surface area (Å²) in [5.41, 5.74) is -0.570. The largest absolute Gasteiger partial charge is 0.497 e. The predicted octanol–water partition coefficient (Wildman–Crippen LogP) is 3.65. The minimum atomic E-state index is -4.43. The third-order valence-electron chi connectivity index (χ3n) is 2.97. The van der Waals surface area contributed by atoms with Gasteiger partial charge in [0.15, 0.2) is 5.96 Å². The first-order chi connectivity index (χ1) is 10.3. The Labute approximate surface area is 151 Å². The summed E-state index contributed by atoms with van der Waals surface area (Å²) in [4.78, 5) is 3.99. The molecule has 0 saturated heterocycles. The van der Waals surface area contributed by atoms with Crippen LogP contribution in [-0.2, 0) is 12.7 Å². The van der Waals surface area contributed by atoms with Crippen molar-refractivity contribution in [1.82, 2.24) is 10.6 Å². The topological polar surface area (TPSA) is 45.7 Å². The highest BCUT2D eigenvalue weighted by atomic mass is 127. The van der Waals surface area contributed by atoms with Crippen LogP contribution in [0.5, 0.6) is 5.75 Å². The number of benzene rings is 1. The number of hydrogen-bond donors (Lipinski definition) is 2. The number of nitrogens with zero attached hydrogens (tertiary/aromatic N) is 1. The zero-order valence-electron chi connectivity index (χ0n) is 13.6. The van der Waals surface area contributed by atoms with Gasteiger partial charge in [-0.25, -0.2) is 0 Å². The average molecular weight is 445 g/mol. The van der Waals surface area contributed by atoms with Crippen LogP contribution in [0.3, 0.4) is 0 Å². The molecule has 4 nitrogen and oxygen atoms in total. The van der Waals surface area contributed by atoms with Gasteiger partial charge in [-0.2, -0.15) is 13.2 Å². The molecule has 0 spiro atoms. The van der Waals surface area contributed by atoms with E-state index in [1.165, 1.54) is 19.2 Å². The van der Waals surface area contributed by atoms with Gasteiger partial charge in [-0.15, -0.1) is 24.0 Å². The van der Waals surface area contributed by atoms with Crippen LogP contribution < -0.4 is 15.4 Å². The summed E-state index contributed by atoms with van der Waals surface area (Å²) in [6.07, 6.45) is -4.43. The minimum absolute atomic E-state index is 0. The number of guanidine groups is 1. The van der Waals surface area contributed by atoms with E-state index in [0.29, 0.717) is 18.4 Å². The molecule has 23 heavy (non-hydrogen) atoms. The second-order valence-corrected chi connectivity index (χ2v) is 5.22. The maximum atomic E-state index is 13.1. The molecule has 0 aliphatic carbocycles. The van der Waals surface area contributed by atoms with Gasteiger partial charge in [-0.1, -0.05) is 19.9 Å². The molecule has 2 N–H and O–H groups in total. The second kappa shape index (κ2) is 9.84. The van der Waals surface area contributed by atoms with Gasteiger partial charge in [0.2, 0.25) is 0 Å². The molecular weight excluding hydrogens is 422 g/mol. The first kappa shape index (κ1) is 21.8. The molecule has 0 aliphatic rings. The summed E-state index contributed by atoms with van der Waals surface area (Å²) >= 11 is 0. The summed E-state index contributed by atoms with van der Waals surface area (Å²) in [6, 6.07) is 3.92. The van der Waals surface area contributed by atoms with Crippen LogP contribution in [-0.4, -0.2) is 26.7 Å². The van der Waals surface area contributed by atoms with E-state index < -0.39 is 11.7 Å². The molecule has 0 radical (unpaired) electrons. The Balaban J connectivity index is 0.00000484. The Morgan fingerprint density at radius 3 is 2.39 bits per heavy atom. The third kappa shape index (κ3) is 7.28. The SMILES string of the molecule is CN=C(NCc1ccc(OC)cc1C(F)(F)F)NCC(C)C.I. The van der Waals surface area contributed by atoms with Crippen LogP contribution in [0.25, 0.3) is 0 Å². The van der Waals surface area contributed by atoms with Crippen LogP contribution in [0, 0.1) is 5.92 Å². The first-order valence-electron chi connectivity index (χ1n) is 6.96. The highest BCUT2D eigenvalue weighted by molar-refractivity contribution is 14.0. The van der Waals surface area contributed by atoms with Crippen LogP contribution in [0.2, 0.25) is 0 Å². The number of hydrogen-bond acceptors (Lipinski definition) is 2. The van der Waals surface area contributed by atoms with Crippen molar-refractivity contribution in [2.45, 2.75) is 26.6 Å². The molecule has 0 aliphatic heterocycles. The van der Waals surface area contributed by atoms with E-state index in [0.717, 1.165) is 6.07 Å². The molecule has 0 aromatic heterocycles. The zero-order valence-corrected chi connectivity index (χ0v) is 16.0. The third-order valence-corrected chi connectivity index (χ3v) is 2.97. The Hall–Kier alpha value is -1.19. The van der Waals surface area contributed by atoms with Crippen molar-refractivity contribution < 1.29 is 17.9 Å². The lowest BCUT2D eigenvalue weighted by Gasteiger charge is -2.17. The van der Waals surface area contributed by atoms with Crippen LogP contribution in [0.15, 0.2) is 23.2 Å². The number of aliphatic imine (C=N–C) groups is 1. The van der Waals surface area contributed by atoms with Gasteiger partial charge in [0.1, 0.15) is 5.75 Å². The molecule has 0 amide bonds. The molecule has 0 atom stereocenters. The van der Waals surface area contributed by atoms with E-state index >= 15 is 0 Å². The lowest BCUT2D eigenvalue weighted by molar-refractivity contribution is -0.138. The molecule has 1 rings (SSSR count). The van der Waals surface area contributed by atoms with Crippen LogP contribution in [0.4, 0.5) is 13.2 Å². The van der Waals surface area contributed by atoms with E-state index in [4.69, 9.17) is 4.74 Å². The summed E-state index contributed by atoms with van der Waals surface area (Å²) in [6.45, 7) is 4.78. The van der Waals surface area contributed by atoms with Crippen molar-refractivity contribution in [2.75, 3.05) is 20.7 Å². The fraction of sp³-hybridized carbons (Fsp3) is 0.533. The van der Waals surface area contributed by atoms with Crippen LogP contribution >= 0.6 is 24.0 Å². The highest BCUT2D eigenvalue weighted by Crippen LogP contribution is 2.34. The Bertz CT molecular complexity index is 519. The van der Waals surface area contributed by atoms with Crippen molar-refractivity contribution in [3.63, 3.8) is 0 Å². The normalized spacial score (nSPS) is 11.9. The number of halogens is 4. The van der Waals surface area contributed by atoms with Gasteiger partial charge in [0.05, 0.1) is 12.7 Å². The highest BCUT2D eigenvalue weighted by Gasteiger charge is 2.33. The molecule has 0 heterocycles. The molecule has 8 heteroatoms. The van der Waals surface area contributed by atoms with Crippen molar-refractivity contribution in [2.24, 2.45) is 10.9 Å². The lowest BCUT2D eigenvalue weighted by atomic mass is 10.1. The number of methoxy groups -OCH3 is 1. The second-order valence-electron chi connectivity index (χ2n) is 5.22. The predicted molar refractivity (Wildman–Crippen MR) is 96.5 cm³/mol. The average Bonchev–Trinajstić information content (AvgIpc) is 2.46. The summed E-state index contributed by atoms with van der Waals surface area (Å²) in [7, 11) is 2.92. The molecule has 1 aromatic rings. The molecule has 0 fully saturated rings. The van der Waals surface area contributed by atoms with Crippen molar-refractivity contribution in [3.05, 3.63) is 29.3 Å². The minimum Gasteiger partial charge on any atom is -0.497 e. The van der Waals surface area contributed by atoms with E-state index in [2.05, 4.69) is 15.6 Å². The van der Waals surface area contributed by atoms with E-state index in [9.17, 15) is 13.2 Å². The number of ether oxygens (including phenoxy) is 1. The molecular formula is C15H23F3IN3O. The molecule has 0 bridgehead atoms. The van der Waals surface area contributed by atoms with Crippen LogP contribution in [0.1, 0.15) is 25.0 Å². The molecule has 1 aromatic carbocycles. The van der Waals surface area contributed by atoms with Gasteiger partial charge in [-0.05, 0) is 23.6 Å². The van der Waals surface area contributed by atoms with Gasteiger partial charge in [-0.3, -0.25) is 4.99 Å². The molecule has 0 saturated carbocycles. The maximum absolute atomic E-state index is 13.1. The lowest BCUT2D eigenvalue weighted by Crippen LogP contribution is -2.38. The molecule has 0 unspecified atom stereocenters. The fourth-order valence-electron chi connectivity index (χ4n) is 1.80. The van der Waals surface area contributed by atoms with E-state index in [-0.39, 0.29) is 41.8 Å².